The standard InChI is InChI=1S/C21H21N3O3S2/c1-15-7-13-18(14-8-15)29(26,27)24-23-21(25)19-5-3-4-6-20(19)22-16-9-11-17(28-2)12-10-16/h3-14,22,24H,1-2H3,(H,23,25). The molecular weight excluding hydrogens is 406 g/mol. The number of rotatable bonds is 7. The Hall–Kier alpha value is -2.81. The van der Waals surface area contributed by atoms with E-state index in [1.807, 2.05) is 37.4 Å². The molecule has 0 saturated heterocycles. The third kappa shape index (κ3) is 5.38. The van der Waals surface area contributed by atoms with E-state index < -0.39 is 15.9 Å². The van der Waals surface area contributed by atoms with Crippen molar-refractivity contribution in [1.29, 1.82) is 0 Å². The number of para-hydroxylation sites is 1. The van der Waals surface area contributed by atoms with Gasteiger partial charge >= 0.3 is 0 Å². The minimum atomic E-state index is -3.86. The molecule has 0 heterocycles. The molecule has 6 nitrogen and oxygen atoms in total. The Labute approximate surface area is 174 Å². The fourth-order valence-electron chi connectivity index (χ4n) is 2.58. The highest BCUT2D eigenvalue weighted by Crippen LogP contribution is 2.23. The summed E-state index contributed by atoms with van der Waals surface area (Å²) in [5, 5.41) is 3.19. The van der Waals surface area contributed by atoms with Crippen LogP contribution in [0.25, 0.3) is 0 Å². The average molecular weight is 428 g/mol. The van der Waals surface area contributed by atoms with Crippen LogP contribution in [0.4, 0.5) is 11.4 Å². The second kappa shape index (κ2) is 9.13. The third-order valence-electron chi connectivity index (χ3n) is 4.17. The maximum atomic E-state index is 12.6. The van der Waals surface area contributed by atoms with Gasteiger partial charge in [-0.2, -0.15) is 0 Å². The van der Waals surface area contributed by atoms with Gasteiger partial charge in [-0.15, -0.1) is 16.6 Å². The van der Waals surface area contributed by atoms with Crippen molar-refractivity contribution in [3.8, 4) is 0 Å². The number of carbonyl (C=O) groups is 1. The van der Waals surface area contributed by atoms with E-state index in [-0.39, 0.29) is 4.90 Å². The summed E-state index contributed by atoms with van der Waals surface area (Å²) in [5.74, 6) is -0.565. The van der Waals surface area contributed by atoms with Gasteiger partial charge in [-0.05, 0) is 61.7 Å². The van der Waals surface area contributed by atoms with E-state index in [4.69, 9.17) is 0 Å². The van der Waals surface area contributed by atoms with Crippen LogP contribution in [-0.2, 0) is 10.0 Å². The summed E-state index contributed by atoms with van der Waals surface area (Å²) >= 11 is 1.64. The van der Waals surface area contributed by atoms with Gasteiger partial charge in [0.15, 0.2) is 0 Å². The van der Waals surface area contributed by atoms with Gasteiger partial charge in [-0.3, -0.25) is 10.2 Å². The molecule has 0 aliphatic rings. The SMILES string of the molecule is CSc1ccc(Nc2ccccc2C(=O)NNS(=O)(=O)c2ccc(C)cc2)cc1. The van der Waals surface area contributed by atoms with Gasteiger partial charge in [-0.1, -0.05) is 29.8 Å². The first kappa shape index (κ1) is 20.9. The maximum Gasteiger partial charge on any atom is 0.268 e. The van der Waals surface area contributed by atoms with Gasteiger partial charge in [0.2, 0.25) is 0 Å². The van der Waals surface area contributed by atoms with Crippen LogP contribution >= 0.6 is 11.8 Å². The lowest BCUT2D eigenvalue weighted by Gasteiger charge is -2.13. The number of carbonyl (C=O) groups excluding carboxylic acids is 1. The summed E-state index contributed by atoms with van der Waals surface area (Å²) in [7, 11) is -3.86. The Morgan fingerprint density at radius 3 is 2.21 bits per heavy atom. The Balaban J connectivity index is 1.73. The van der Waals surface area contributed by atoms with Crippen molar-refractivity contribution in [1.82, 2.24) is 10.3 Å². The van der Waals surface area contributed by atoms with Gasteiger partial charge in [0.05, 0.1) is 16.1 Å². The normalized spacial score (nSPS) is 11.1. The van der Waals surface area contributed by atoms with E-state index in [2.05, 4.69) is 15.6 Å². The number of aryl methyl sites for hydroxylation is 1. The predicted molar refractivity (Wildman–Crippen MR) is 117 cm³/mol. The molecule has 3 aromatic rings. The average Bonchev–Trinajstić information content (AvgIpc) is 2.73. The number of benzene rings is 3. The Kier molecular flexibility index (Phi) is 6.58. The first-order valence-corrected chi connectivity index (χ1v) is 11.5. The van der Waals surface area contributed by atoms with Gasteiger partial charge in [0, 0.05) is 10.6 Å². The van der Waals surface area contributed by atoms with Crippen LogP contribution in [0.1, 0.15) is 15.9 Å². The number of thioether (sulfide) groups is 1. The van der Waals surface area contributed by atoms with E-state index >= 15 is 0 Å². The smallest absolute Gasteiger partial charge is 0.268 e. The molecule has 0 aliphatic heterocycles. The van der Waals surface area contributed by atoms with Crippen LogP contribution in [0.2, 0.25) is 0 Å². The first-order chi connectivity index (χ1) is 13.9. The second-order valence-corrected chi connectivity index (χ2v) is 8.83. The summed E-state index contributed by atoms with van der Waals surface area (Å²) in [6.07, 6.45) is 2.00. The van der Waals surface area contributed by atoms with Crippen molar-refractivity contribution in [3.05, 3.63) is 83.9 Å². The minimum absolute atomic E-state index is 0.0729. The Bertz CT molecular complexity index is 1100. The zero-order valence-electron chi connectivity index (χ0n) is 16.0. The molecule has 0 radical (unpaired) electrons. The molecule has 3 N–H and O–H groups in total. The van der Waals surface area contributed by atoms with E-state index in [1.165, 1.54) is 12.1 Å². The highest BCUT2D eigenvalue weighted by Gasteiger charge is 2.17. The van der Waals surface area contributed by atoms with Crippen LogP contribution < -0.4 is 15.6 Å². The zero-order valence-corrected chi connectivity index (χ0v) is 17.6. The molecule has 0 unspecified atom stereocenters. The fourth-order valence-corrected chi connectivity index (χ4v) is 3.82. The van der Waals surface area contributed by atoms with Crippen LogP contribution in [0, 0.1) is 6.92 Å². The van der Waals surface area contributed by atoms with Crippen molar-refractivity contribution in [3.63, 3.8) is 0 Å². The lowest BCUT2D eigenvalue weighted by atomic mass is 10.1. The van der Waals surface area contributed by atoms with Crippen molar-refractivity contribution < 1.29 is 13.2 Å². The molecule has 0 atom stereocenters. The van der Waals surface area contributed by atoms with Gasteiger partial charge < -0.3 is 5.32 Å². The van der Waals surface area contributed by atoms with Crippen molar-refractivity contribution in [2.24, 2.45) is 0 Å². The summed E-state index contributed by atoms with van der Waals surface area (Å²) in [5.41, 5.74) is 4.92. The van der Waals surface area contributed by atoms with Crippen molar-refractivity contribution >= 4 is 39.1 Å². The molecule has 0 fully saturated rings. The summed E-state index contributed by atoms with van der Waals surface area (Å²) in [6, 6.07) is 21.0. The van der Waals surface area contributed by atoms with Gasteiger partial charge in [0.1, 0.15) is 0 Å². The number of nitrogens with one attached hydrogen (secondary N) is 3. The third-order valence-corrected chi connectivity index (χ3v) is 6.18. The molecule has 0 bridgehead atoms. The quantitative estimate of drug-likeness (QED) is 0.391. The highest BCUT2D eigenvalue weighted by molar-refractivity contribution is 7.98. The predicted octanol–water partition coefficient (Wildman–Crippen LogP) is 4.08. The lowest BCUT2D eigenvalue weighted by molar-refractivity contribution is 0.0946. The maximum absolute atomic E-state index is 12.6. The van der Waals surface area contributed by atoms with Crippen molar-refractivity contribution in [2.45, 2.75) is 16.7 Å². The fraction of sp³-hybridized carbons (Fsp3) is 0.0952. The molecule has 29 heavy (non-hydrogen) atoms. The number of anilines is 2. The molecule has 0 aliphatic carbocycles. The molecule has 1 amide bonds. The van der Waals surface area contributed by atoms with Crippen LogP contribution in [-0.4, -0.2) is 20.6 Å². The number of hydrogen-bond donors (Lipinski definition) is 3. The van der Waals surface area contributed by atoms with Crippen LogP contribution in [0.15, 0.2) is 82.6 Å². The topological polar surface area (TPSA) is 87.3 Å². The zero-order chi connectivity index (χ0) is 20.9. The van der Waals surface area contributed by atoms with E-state index in [0.29, 0.717) is 11.3 Å². The number of sulfonamides is 1. The summed E-state index contributed by atoms with van der Waals surface area (Å²) < 4.78 is 24.7. The highest BCUT2D eigenvalue weighted by atomic mass is 32.2. The summed E-state index contributed by atoms with van der Waals surface area (Å²) in [6.45, 7) is 1.87. The molecular formula is C21H21N3O3S2. The first-order valence-electron chi connectivity index (χ1n) is 8.78. The molecule has 3 rings (SSSR count). The number of hydrazine groups is 1. The van der Waals surface area contributed by atoms with E-state index in [0.717, 1.165) is 16.1 Å². The van der Waals surface area contributed by atoms with Crippen molar-refractivity contribution in [2.75, 3.05) is 11.6 Å². The molecule has 8 heteroatoms. The Morgan fingerprint density at radius 2 is 1.55 bits per heavy atom. The molecule has 150 valence electrons. The Morgan fingerprint density at radius 1 is 0.897 bits per heavy atom. The summed E-state index contributed by atoms with van der Waals surface area (Å²) in [4.78, 5) is 16.0. The van der Waals surface area contributed by atoms with Gasteiger partial charge in [-0.25, -0.2) is 8.42 Å². The molecule has 0 aromatic heterocycles. The van der Waals surface area contributed by atoms with E-state index in [9.17, 15) is 13.2 Å². The lowest BCUT2D eigenvalue weighted by Crippen LogP contribution is -2.41. The van der Waals surface area contributed by atoms with Crippen LogP contribution in [0.3, 0.4) is 0 Å². The minimum Gasteiger partial charge on any atom is -0.355 e. The number of hydrogen-bond acceptors (Lipinski definition) is 5. The largest absolute Gasteiger partial charge is 0.355 e. The molecule has 0 spiro atoms. The molecule has 0 saturated carbocycles. The monoisotopic (exact) mass is 427 g/mol. The van der Waals surface area contributed by atoms with E-state index in [1.54, 1.807) is 48.2 Å². The van der Waals surface area contributed by atoms with Gasteiger partial charge in [0.25, 0.3) is 15.9 Å². The number of amides is 1. The van der Waals surface area contributed by atoms with Crippen LogP contribution in [0.5, 0.6) is 0 Å². The second-order valence-electron chi connectivity index (χ2n) is 6.27. The molecule has 3 aromatic carbocycles.